The number of nitrogens with two attached hydrogens (primary N) is 1. The number of hydrogen-bond donors (Lipinski definition) is 3. The predicted molar refractivity (Wildman–Crippen MR) is 476 cm³/mol. The van der Waals surface area contributed by atoms with Crippen LogP contribution in [0.1, 0.15) is 293 Å². The van der Waals surface area contributed by atoms with Crippen molar-refractivity contribution in [3.63, 3.8) is 0 Å². The van der Waals surface area contributed by atoms with Gasteiger partial charge in [-0.1, -0.05) is 186 Å². The molecule has 0 saturated carbocycles. The summed E-state index contributed by atoms with van der Waals surface area (Å²) in [6, 6.07) is 61.4. The fourth-order valence-corrected chi connectivity index (χ4v) is 13.1. The predicted octanol–water partition coefficient (Wildman–Crippen LogP) is 19.9. The molecule has 0 spiro atoms. The molecule has 12 rings (SSSR count). The van der Waals surface area contributed by atoms with E-state index in [-0.39, 0.29) is 71.5 Å². The van der Waals surface area contributed by atoms with Crippen LogP contribution in [0.15, 0.2) is 194 Å². The van der Waals surface area contributed by atoms with Gasteiger partial charge in [0.25, 0.3) is 47.3 Å². The van der Waals surface area contributed by atoms with E-state index < -0.39 is 0 Å². The molecule has 0 fully saturated rings. The van der Waals surface area contributed by atoms with Gasteiger partial charge in [0, 0.05) is 76.5 Å². The second-order valence-electron chi connectivity index (χ2n) is 29.1. The Kier molecular flexibility index (Phi) is 41.1. The summed E-state index contributed by atoms with van der Waals surface area (Å²) in [5.74, 6) is 21.6. The number of terminal acetylenes is 2. The number of nitrogens with zero attached hydrogens (tertiary/aromatic N) is 3. The number of fused-ring (bicyclic) bond motifs is 4. The lowest BCUT2D eigenvalue weighted by Gasteiger charge is -2.22. The summed E-state index contributed by atoms with van der Waals surface area (Å²) < 4.78 is 1.26. The summed E-state index contributed by atoms with van der Waals surface area (Å²) in [5, 5.41) is 10.6. The van der Waals surface area contributed by atoms with Crippen LogP contribution in [0, 0.1) is 63.8 Å². The highest BCUT2D eigenvalue weighted by atomic mass is 127. The van der Waals surface area contributed by atoms with Gasteiger partial charge in [0.2, 0.25) is 0 Å². The third-order valence-corrected chi connectivity index (χ3v) is 20.0. The summed E-state index contributed by atoms with van der Waals surface area (Å²) in [5.41, 5.74) is 18.3. The lowest BCUT2D eigenvalue weighted by Crippen LogP contribution is -2.38. The molecule has 0 radical (unpaired) electrons. The zero-order valence-electron chi connectivity index (χ0n) is 68.9. The molecule has 0 saturated heterocycles. The number of aliphatic hydroxyl groups excluding tert-OH is 1. The van der Waals surface area contributed by atoms with Crippen LogP contribution in [0.25, 0.3) is 0 Å². The SMILES string of the molecule is C#CCC(C)N1C(=O)c2ccccc2C1=O.C#CCC(C)O.CCCC#Cc1ccc(C#CCC(C)N2C(=O)c3ccccc3C2=O)cc1.CCCC#Cc1ccc(I)cc1.CCCCCc1ccc(CCCC(C)N)cc1.CCCCCc1ccc(CCCC(C)N2C(=O)c3ccccc3C2=O)cc1.O=C1NC(=O)c2ccccc21. The monoisotopic (exact) mass is 1670 g/mol. The fourth-order valence-electron chi connectivity index (χ4n) is 12.8. The largest absolute Gasteiger partial charge is 0.392 e. The first-order valence-electron chi connectivity index (χ1n) is 40.6. The summed E-state index contributed by atoms with van der Waals surface area (Å²) in [6.07, 6.45) is 31.4. The maximum Gasteiger partial charge on any atom is 0.261 e. The third kappa shape index (κ3) is 29.9. The smallest absolute Gasteiger partial charge is 0.261 e. The zero-order chi connectivity index (χ0) is 84.3. The van der Waals surface area contributed by atoms with Gasteiger partial charge in [0.15, 0.2) is 0 Å². The van der Waals surface area contributed by atoms with Crippen LogP contribution in [0.4, 0.5) is 0 Å². The molecule has 602 valence electrons. The number of aliphatic hydroxyl groups is 1. The molecule has 0 aromatic heterocycles. The van der Waals surface area contributed by atoms with Gasteiger partial charge in [-0.15, -0.1) is 24.7 Å². The molecule has 4 N–H and O–H groups in total. The van der Waals surface area contributed by atoms with Crippen LogP contribution in [0.5, 0.6) is 0 Å². The standard InChI is InChI=1S/C24H29NO2.C24H21NO2.C16H27N.C13H11NO2.C11H11I.C8H5NO2.C5H8O/c2*1-3-4-5-10-19-14-16-20(17-15-19)11-8-9-18(2)25-23(26)21-12-6-7-13-22(21)24(25)27;1-3-4-5-8-15-10-12-16(13-11-15)9-6-7-14(2)17;1-3-6-9(2)14-12(15)10-7-4-5-8-11(10)13(14)16;1-2-3-4-5-10-6-8-11(12)9-7-10;10-7-5-3-1-2-4-6(5)8(11)9-7;1-3-4-5(2)6/h6-7,12-18H,3-5,8-11H2,1-2H3;6-7,12-18H,3-4,9H2,1-2H3;10-14H,3-9,17H2,1-2H3;1,4-5,7-9H,6H2,2H3;6-9H,2-3H2,1H3;1-4H,(H,9,10,11);1,5-6H,4H2,2H3. The maximum atomic E-state index is 12.5. The van der Waals surface area contributed by atoms with Crippen molar-refractivity contribution in [2.24, 2.45) is 5.73 Å². The Morgan fingerprint density at radius 3 is 0.957 bits per heavy atom. The quantitative estimate of drug-likeness (QED) is 0.0226. The molecular weight excluding hydrogens is 1550 g/mol. The van der Waals surface area contributed by atoms with E-state index in [0.717, 1.165) is 80.9 Å². The van der Waals surface area contributed by atoms with Crippen molar-refractivity contribution in [1.29, 1.82) is 0 Å². The van der Waals surface area contributed by atoms with E-state index >= 15 is 0 Å². The van der Waals surface area contributed by atoms with Crippen molar-refractivity contribution >= 4 is 69.8 Å². The van der Waals surface area contributed by atoms with Gasteiger partial charge >= 0.3 is 0 Å². The van der Waals surface area contributed by atoms with Crippen LogP contribution in [0.2, 0.25) is 0 Å². The fraction of sp³-hybridized carbons (Fsp3) is 0.347. The molecule has 0 aliphatic carbocycles. The molecule has 5 atom stereocenters. The summed E-state index contributed by atoms with van der Waals surface area (Å²) >= 11 is 2.29. The van der Waals surface area contributed by atoms with E-state index in [2.05, 4.69) is 183 Å². The molecule has 14 nitrogen and oxygen atoms in total. The first-order chi connectivity index (χ1) is 56.0. The van der Waals surface area contributed by atoms with Gasteiger partial charge in [-0.3, -0.25) is 58.4 Å². The number of halogens is 1. The minimum atomic E-state index is -0.338. The van der Waals surface area contributed by atoms with E-state index in [1.165, 1.54) is 91.9 Å². The molecule has 0 bridgehead atoms. The molecule has 8 aromatic carbocycles. The van der Waals surface area contributed by atoms with Crippen LogP contribution >= 0.6 is 22.6 Å². The van der Waals surface area contributed by atoms with Crippen molar-refractivity contribution in [1.82, 2.24) is 20.0 Å². The minimum Gasteiger partial charge on any atom is -0.392 e. The number of imide groups is 4. The zero-order valence-corrected chi connectivity index (χ0v) is 71.0. The summed E-state index contributed by atoms with van der Waals surface area (Å²) in [6.45, 7) is 18.1. The molecule has 4 aliphatic heterocycles. The minimum absolute atomic E-state index is 0.0780. The Morgan fingerprint density at radius 1 is 0.362 bits per heavy atom. The molecule has 4 heterocycles. The van der Waals surface area contributed by atoms with Gasteiger partial charge < -0.3 is 10.8 Å². The van der Waals surface area contributed by atoms with E-state index in [0.29, 0.717) is 69.8 Å². The molecule has 15 heteroatoms. The number of nitrogens with one attached hydrogen (secondary N) is 1. The van der Waals surface area contributed by atoms with Crippen molar-refractivity contribution in [2.75, 3.05) is 0 Å². The van der Waals surface area contributed by atoms with Gasteiger partial charge in [0.1, 0.15) is 0 Å². The number of carbonyl (C=O) groups is 8. The topological polar surface area (TPSA) is 205 Å². The molecule has 116 heavy (non-hydrogen) atoms. The second kappa shape index (κ2) is 50.9. The second-order valence-corrected chi connectivity index (χ2v) is 30.4. The van der Waals surface area contributed by atoms with Crippen molar-refractivity contribution in [3.05, 3.63) is 281 Å². The number of aryl methyl sites for hydroxylation is 4. The van der Waals surface area contributed by atoms with Gasteiger partial charge in [-0.2, -0.15) is 0 Å². The van der Waals surface area contributed by atoms with Crippen LogP contribution < -0.4 is 11.1 Å². The first-order valence-corrected chi connectivity index (χ1v) is 41.7. The number of carbonyl (C=O) groups excluding carboxylic acids is 8. The highest BCUT2D eigenvalue weighted by Crippen LogP contribution is 2.29. The van der Waals surface area contributed by atoms with Crippen molar-refractivity contribution < 1.29 is 43.5 Å². The van der Waals surface area contributed by atoms with E-state index in [1.54, 1.807) is 98.8 Å². The maximum absolute atomic E-state index is 12.5. The molecule has 8 amide bonds. The molecular formula is C101H112IN5O9. The number of unbranched alkanes of at least 4 members (excludes halogenated alkanes) is 6. The van der Waals surface area contributed by atoms with E-state index in [4.69, 9.17) is 23.7 Å². The van der Waals surface area contributed by atoms with Gasteiger partial charge in [-0.25, -0.2) is 0 Å². The van der Waals surface area contributed by atoms with E-state index in [9.17, 15) is 38.4 Å². The van der Waals surface area contributed by atoms with Crippen molar-refractivity contribution in [3.8, 4) is 60.2 Å². The summed E-state index contributed by atoms with van der Waals surface area (Å²) in [7, 11) is 0. The Labute approximate surface area is 703 Å². The highest BCUT2D eigenvalue weighted by Gasteiger charge is 2.40. The normalized spacial score (nSPS) is 13.5. The highest BCUT2D eigenvalue weighted by molar-refractivity contribution is 14.1. The van der Waals surface area contributed by atoms with Gasteiger partial charge in [0.05, 0.1) is 50.6 Å². The molecule has 8 aromatic rings. The van der Waals surface area contributed by atoms with Crippen LogP contribution in [-0.4, -0.2) is 97.3 Å². The lowest BCUT2D eigenvalue weighted by molar-refractivity contribution is 0.0575. The Bertz CT molecular complexity index is 4720. The first kappa shape index (κ1) is 93.6. The third-order valence-electron chi connectivity index (χ3n) is 19.2. The number of amides is 8. The molecule has 5 unspecified atom stereocenters. The van der Waals surface area contributed by atoms with E-state index in [1.807, 2.05) is 50.2 Å². The van der Waals surface area contributed by atoms with Crippen LogP contribution in [0.3, 0.4) is 0 Å². The average Bonchev–Trinajstić information content (AvgIpc) is 1.64. The van der Waals surface area contributed by atoms with Gasteiger partial charge in [-0.05, 0) is 254 Å². The number of rotatable bonds is 24. The number of hydrogen-bond acceptors (Lipinski definition) is 10. The summed E-state index contributed by atoms with van der Waals surface area (Å²) in [4.78, 5) is 99.8. The van der Waals surface area contributed by atoms with Crippen molar-refractivity contribution in [2.45, 2.75) is 227 Å². The molecule has 4 aliphatic rings. The Morgan fingerprint density at radius 2 is 0.655 bits per heavy atom. The Hall–Kier alpha value is -11.2. The average molecular weight is 1670 g/mol. The van der Waals surface area contributed by atoms with Crippen LogP contribution in [-0.2, 0) is 25.7 Å². The Balaban J connectivity index is 0.000000219. The number of benzene rings is 8. The lowest BCUT2D eigenvalue weighted by atomic mass is 10.0.